The number of nitrogens with zero attached hydrogens (tertiary/aromatic N) is 1. The van der Waals surface area contributed by atoms with Crippen molar-refractivity contribution in [2.75, 3.05) is 13.1 Å². The molecule has 0 radical (unpaired) electrons. The molecule has 2 heteroatoms. The Kier molecular flexibility index (Phi) is 5.36. The molecule has 1 rings (SSSR count). The average Bonchev–Trinajstić information content (AvgIpc) is 2.36. The van der Waals surface area contributed by atoms with Crippen LogP contribution in [0.1, 0.15) is 51.7 Å². The number of rotatable bonds is 6. The summed E-state index contributed by atoms with van der Waals surface area (Å²) in [5, 5.41) is 0. The molecule has 1 aromatic carbocycles. The molecule has 0 saturated heterocycles. The fourth-order valence-electron chi connectivity index (χ4n) is 2.11. The van der Waals surface area contributed by atoms with Gasteiger partial charge in [0.05, 0.1) is 0 Å². The summed E-state index contributed by atoms with van der Waals surface area (Å²) in [5.41, 5.74) is 8.69. The van der Waals surface area contributed by atoms with Crippen LogP contribution in [0.15, 0.2) is 24.3 Å². The largest absolute Gasteiger partial charge is 0.329 e. The van der Waals surface area contributed by atoms with Crippen LogP contribution in [-0.2, 0) is 6.54 Å². The Morgan fingerprint density at radius 1 is 1.17 bits per heavy atom. The summed E-state index contributed by atoms with van der Waals surface area (Å²) in [4.78, 5) is 2.43. The Bertz CT molecular complexity index is 352. The van der Waals surface area contributed by atoms with E-state index in [0.717, 1.165) is 13.1 Å². The van der Waals surface area contributed by atoms with Crippen LogP contribution >= 0.6 is 0 Å². The predicted molar refractivity (Wildman–Crippen MR) is 79.7 cm³/mol. The zero-order valence-corrected chi connectivity index (χ0v) is 12.5. The first kappa shape index (κ1) is 15.2. The molecule has 0 spiro atoms. The maximum Gasteiger partial charge on any atom is 0.0278 e. The Morgan fingerprint density at radius 3 is 2.11 bits per heavy atom. The monoisotopic (exact) mass is 248 g/mol. The van der Waals surface area contributed by atoms with Gasteiger partial charge in [-0.3, -0.25) is 4.90 Å². The average molecular weight is 248 g/mol. The lowest BCUT2D eigenvalue weighted by Crippen LogP contribution is -2.48. The lowest BCUT2D eigenvalue weighted by Gasteiger charge is -2.37. The van der Waals surface area contributed by atoms with Crippen molar-refractivity contribution < 1.29 is 0 Å². The molecular formula is C16H28N2. The summed E-state index contributed by atoms with van der Waals surface area (Å²) in [7, 11) is 0. The zero-order chi connectivity index (χ0) is 13.8. The van der Waals surface area contributed by atoms with Crippen LogP contribution in [0.3, 0.4) is 0 Å². The van der Waals surface area contributed by atoms with Crippen LogP contribution in [0.5, 0.6) is 0 Å². The molecule has 0 fully saturated rings. The molecule has 2 N–H and O–H groups in total. The molecule has 102 valence electrons. The van der Waals surface area contributed by atoms with Crippen molar-refractivity contribution in [3.8, 4) is 0 Å². The van der Waals surface area contributed by atoms with Gasteiger partial charge in [-0.1, -0.05) is 45.0 Å². The summed E-state index contributed by atoms with van der Waals surface area (Å²) in [6.07, 6.45) is 0. The summed E-state index contributed by atoms with van der Waals surface area (Å²) in [6.45, 7) is 13.7. The summed E-state index contributed by atoms with van der Waals surface area (Å²) in [5.74, 6) is 0.599. The first-order valence-corrected chi connectivity index (χ1v) is 6.94. The fourth-order valence-corrected chi connectivity index (χ4v) is 2.11. The van der Waals surface area contributed by atoms with Gasteiger partial charge >= 0.3 is 0 Å². The van der Waals surface area contributed by atoms with E-state index in [1.54, 1.807) is 0 Å². The Labute approximate surface area is 112 Å². The molecule has 1 aromatic rings. The van der Waals surface area contributed by atoms with Crippen LogP contribution in [0.25, 0.3) is 0 Å². The highest BCUT2D eigenvalue weighted by Crippen LogP contribution is 2.19. The molecule has 0 bridgehead atoms. The number of nitrogens with two attached hydrogens (primary N) is 1. The molecular weight excluding hydrogens is 220 g/mol. The molecule has 0 aliphatic heterocycles. The van der Waals surface area contributed by atoms with Gasteiger partial charge in [0.1, 0.15) is 0 Å². The molecule has 0 amide bonds. The normalized spacial score (nSPS) is 12.4. The molecule has 18 heavy (non-hydrogen) atoms. The minimum absolute atomic E-state index is 0.0610. The lowest BCUT2D eigenvalue weighted by atomic mass is 9.99. The minimum atomic E-state index is 0.0610. The second kappa shape index (κ2) is 6.35. The smallest absolute Gasteiger partial charge is 0.0278 e. The maximum absolute atomic E-state index is 5.86. The van der Waals surface area contributed by atoms with Crippen LogP contribution in [0.4, 0.5) is 0 Å². The topological polar surface area (TPSA) is 29.3 Å². The standard InChI is InChI=1S/C16H28N2/c1-6-18(16(4,5)12-17)11-14-7-9-15(10-8-14)13(2)3/h7-10,13H,6,11-12,17H2,1-5H3. The van der Waals surface area contributed by atoms with E-state index in [2.05, 4.69) is 63.8 Å². The molecule has 0 aliphatic rings. The van der Waals surface area contributed by atoms with Crippen molar-refractivity contribution in [1.29, 1.82) is 0 Å². The number of hydrogen-bond donors (Lipinski definition) is 1. The number of likely N-dealkylation sites (N-methyl/N-ethyl adjacent to an activating group) is 1. The highest BCUT2D eigenvalue weighted by Gasteiger charge is 2.23. The summed E-state index contributed by atoms with van der Waals surface area (Å²) >= 11 is 0. The van der Waals surface area contributed by atoms with Gasteiger partial charge in [-0.05, 0) is 37.4 Å². The summed E-state index contributed by atoms with van der Waals surface area (Å²) < 4.78 is 0. The van der Waals surface area contributed by atoms with Crippen molar-refractivity contribution in [3.63, 3.8) is 0 Å². The number of benzene rings is 1. The van der Waals surface area contributed by atoms with Crippen LogP contribution in [0, 0.1) is 0 Å². The highest BCUT2D eigenvalue weighted by atomic mass is 15.2. The SMILES string of the molecule is CCN(Cc1ccc(C(C)C)cc1)C(C)(C)CN. The predicted octanol–water partition coefficient (Wildman–Crippen LogP) is 3.37. The second-order valence-corrected chi connectivity index (χ2v) is 5.93. The number of hydrogen-bond acceptors (Lipinski definition) is 2. The van der Waals surface area contributed by atoms with Crippen molar-refractivity contribution >= 4 is 0 Å². The van der Waals surface area contributed by atoms with Gasteiger partial charge in [0.15, 0.2) is 0 Å². The zero-order valence-electron chi connectivity index (χ0n) is 12.5. The molecule has 0 heterocycles. The molecule has 0 saturated carbocycles. The molecule has 0 atom stereocenters. The molecule has 0 unspecified atom stereocenters. The molecule has 0 aliphatic carbocycles. The lowest BCUT2D eigenvalue weighted by molar-refractivity contribution is 0.126. The first-order valence-electron chi connectivity index (χ1n) is 6.94. The van der Waals surface area contributed by atoms with Crippen LogP contribution in [-0.4, -0.2) is 23.5 Å². The van der Waals surface area contributed by atoms with Gasteiger partial charge in [0.2, 0.25) is 0 Å². The second-order valence-electron chi connectivity index (χ2n) is 5.93. The first-order chi connectivity index (χ1) is 8.40. The van der Waals surface area contributed by atoms with Crippen molar-refractivity contribution in [2.24, 2.45) is 5.73 Å². The van der Waals surface area contributed by atoms with Crippen molar-refractivity contribution in [1.82, 2.24) is 4.90 Å². The van der Waals surface area contributed by atoms with Crippen LogP contribution in [0.2, 0.25) is 0 Å². The van der Waals surface area contributed by atoms with E-state index in [1.165, 1.54) is 11.1 Å². The van der Waals surface area contributed by atoms with E-state index in [4.69, 9.17) is 5.73 Å². The Balaban J connectivity index is 2.77. The third-order valence-electron chi connectivity index (χ3n) is 3.76. The third-order valence-corrected chi connectivity index (χ3v) is 3.76. The van der Waals surface area contributed by atoms with Gasteiger partial charge < -0.3 is 5.73 Å². The van der Waals surface area contributed by atoms with E-state index in [9.17, 15) is 0 Å². The summed E-state index contributed by atoms with van der Waals surface area (Å²) in [6, 6.07) is 8.96. The van der Waals surface area contributed by atoms with E-state index in [0.29, 0.717) is 12.5 Å². The quantitative estimate of drug-likeness (QED) is 0.836. The highest BCUT2D eigenvalue weighted by molar-refractivity contribution is 5.24. The van der Waals surface area contributed by atoms with Crippen molar-refractivity contribution in [2.45, 2.75) is 52.6 Å². The Hall–Kier alpha value is -0.860. The molecule has 2 nitrogen and oxygen atoms in total. The van der Waals surface area contributed by atoms with Gasteiger partial charge in [-0.25, -0.2) is 0 Å². The Morgan fingerprint density at radius 2 is 1.72 bits per heavy atom. The fraction of sp³-hybridized carbons (Fsp3) is 0.625. The van der Waals surface area contributed by atoms with E-state index in [-0.39, 0.29) is 5.54 Å². The van der Waals surface area contributed by atoms with Gasteiger partial charge in [0, 0.05) is 18.6 Å². The van der Waals surface area contributed by atoms with Gasteiger partial charge in [-0.15, -0.1) is 0 Å². The maximum atomic E-state index is 5.86. The minimum Gasteiger partial charge on any atom is -0.329 e. The van der Waals surface area contributed by atoms with Crippen molar-refractivity contribution in [3.05, 3.63) is 35.4 Å². The van der Waals surface area contributed by atoms with Gasteiger partial charge in [0.25, 0.3) is 0 Å². The van der Waals surface area contributed by atoms with E-state index < -0.39 is 0 Å². The van der Waals surface area contributed by atoms with Crippen LogP contribution < -0.4 is 5.73 Å². The van der Waals surface area contributed by atoms with E-state index in [1.807, 2.05) is 0 Å². The van der Waals surface area contributed by atoms with Gasteiger partial charge in [-0.2, -0.15) is 0 Å². The third kappa shape index (κ3) is 3.82. The molecule has 0 aromatic heterocycles. The van der Waals surface area contributed by atoms with E-state index >= 15 is 0 Å².